The van der Waals surface area contributed by atoms with Gasteiger partial charge in [-0.2, -0.15) is 5.10 Å². The van der Waals surface area contributed by atoms with Crippen LogP contribution in [0.3, 0.4) is 0 Å². The zero-order valence-electron chi connectivity index (χ0n) is 13.8. The minimum atomic E-state index is -0.398. The van der Waals surface area contributed by atoms with Crippen molar-refractivity contribution in [3.8, 4) is 0 Å². The summed E-state index contributed by atoms with van der Waals surface area (Å²) >= 11 is 3.37. The van der Waals surface area contributed by atoms with E-state index in [2.05, 4.69) is 31.8 Å². The lowest BCUT2D eigenvalue weighted by Gasteiger charge is -2.07. The Morgan fingerprint density at radius 3 is 2.62 bits per heavy atom. The average Bonchev–Trinajstić information content (AvgIpc) is 2.66. The summed E-state index contributed by atoms with van der Waals surface area (Å²) in [6, 6.07) is 20.6. The summed E-state index contributed by atoms with van der Waals surface area (Å²) in [5.41, 5.74) is 3.78. The third-order valence-corrected chi connectivity index (χ3v) is 4.19. The molecule has 6 heteroatoms. The predicted octanol–water partition coefficient (Wildman–Crippen LogP) is 3.48. The molecule has 0 spiro atoms. The summed E-state index contributed by atoms with van der Waals surface area (Å²) < 4.78 is 0.926. The molecule has 3 aromatic rings. The molecule has 0 aliphatic rings. The first kappa shape index (κ1) is 17.8. The molecule has 3 aromatic carbocycles. The van der Waals surface area contributed by atoms with E-state index in [9.17, 15) is 9.59 Å². The van der Waals surface area contributed by atoms with E-state index in [1.54, 1.807) is 6.07 Å². The molecule has 0 heterocycles. The van der Waals surface area contributed by atoms with Crippen molar-refractivity contribution in [3.05, 3.63) is 82.3 Å². The maximum atomic E-state index is 12.4. The van der Waals surface area contributed by atoms with E-state index in [1.807, 2.05) is 60.7 Å². The van der Waals surface area contributed by atoms with Crippen LogP contribution in [0.15, 0.2) is 76.3 Å². The highest BCUT2D eigenvalue weighted by Gasteiger charge is 2.10. The van der Waals surface area contributed by atoms with E-state index in [4.69, 9.17) is 0 Å². The Kier molecular flexibility index (Phi) is 5.76. The fourth-order valence-electron chi connectivity index (χ4n) is 2.48. The van der Waals surface area contributed by atoms with Gasteiger partial charge in [-0.3, -0.25) is 9.59 Å². The maximum Gasteiger partial charge on any atom is 0.259 e. The lowest BCUT2D eigenvalue weighted by atomic mass is 10.0. The van der Waals surface area contributed by atoms with Gasteiger partial charge >= 0.3 is 0 Å². The summed E-state index contributed by atoms with van der Waals surface area (Å²) in [6.45, 7) is -0.155. The summed E-state index contributed by atoms with van der Waals surface area (Å²) in [7, 11) is 0. The average molecular weight is 410 g/mol. The Hall–Kier alpha value is -2.99. The largest absolute Gasteiger partial charge is 0.343 e. The fraction of sp³-hybridized carbons (Fsp3) is 0.0500. The molecule has 0 radical (unpaired) electrons. The van der Waals surface area contributed by atoms with Crippen molar-refractivity contribution >= 4 is 44.7 Å². The van der Waals surface area contributed by atoms with Gasteiger partial charge in [-0.05, 0) is 34.5 Å². The van der Waals surface area contributed by atoms with E-state index in [0.717, 1.165) is 20.8 Å². The van der Waals surface area contributed by atoms with Crippen LogP contribution < -0.4 is 10.7 Å². The highest BCUT2D eigenvalue weighted by molar-refractivity contribution is 9.10. The molecule has 0 atom stereocenters. The van der Waals surface area contributed by atoms with Gasteiger partial charge in [0.2, 0.25) is 0 Å². The van der Waals surface area contributed by atoms with Crippen LogP contribution in [0.25, 0.3) is 10.8 Å². The SMILES string of the molecule is O=C(CNC(=O)c1cccc2ccccc12)NN=Cc1cccc(Br)c1. The Bertz CT molecular complexity index is 980. The van der Waals surface area contributed by atoms with Gasteiger partial charge in [0.25, 0.3) is 11.8 Å². The molecule has 5 nitrogen and oxygen atoms in total. The smallest absolute Gasteiger partial charge is 0.259 e. The molecule has 26 heavy (non-hydrogen) atoms. The van der Waals surface area contributed by atoms with Crippen LogP contribution in [-0.2, 0) is 4.79 Å². The molecule has 0 unspecified atom stereocenters. The van der Waals surface area contributed by atoms with Crippen LogP contribution in [0.2, 0.25) is 0 Å². The molecule has 2 N–H and O–H groups in total. The summed E-state index contributed by atoms with van der Waals surface area (Å²) in [5, 5.41) is 8.33. The number of hydrazone groups is 1. The third-order valence-electron chi connectivity index (χ3n) is 3.70. The Morgan fingerprint density at radius 1 is 1.00 bits per heavy atom. The van der Waals surface area contributed by atoms with E-state index < -0.39 is 5.91 Å². The van der Waals surface area contributed by atoms with Crippen LogP contribution in [0.4, 0.5) is 0 Å². The number of benzene rings is 3. The third kappa shape index (κ3) is 4.55. The number of rotatable bonds is 5. The number of hydrogen-bond acceptors (Lipinski definition) is 3. The van der Waals surface area contributed by atoms with E-state index in [0.29, 0.717) is 5.56 Å². The highest BCUT2D eigenvalue weighted by atomic mass is 79.9. The predicted molar refractivity (Wildman–Crippen MR) is 106 cm³/mol. The minimum absolute atomic E-state index is 0.155. The highest BCUT2D eigenvalue weighted by Crippen LogP contribution is 2.18. The number of fused-ring (bicyclic) bond motifs is 1. The first-order valence-corrected chi connectivity index (χ1v) is 8.76. The van der Waals surface area contributed by atoms with E-state index >= 15 is 0 Å². The second-order valence-corrected chi connectivity index (χ2v) is 6.47. The van der Waals surface area contributed by atoms with Gasteiger partial charge in [-0.15, -0.1) is 0 Å². The van der Waals surface area contributed by atoms with Crippen molar-refractivity contribution in [2.24, 2.45) is 5.10 Å². The lowest BCUT2D eigenvalue weighted by Crippen LogP contribution is -2.35. The Morgan fingerprint density at radius 2 is 1.77 bits per heavy atom. The first-order chi connectivity index (χ1) is 12.6. The van der Waals surface area contributed by atoms with Crippen LogP contribution in [0, 0.1) is 0 Å². The van der Waals surface area contributed by atoms with Crippen LogP contribution >= 0.6 is 15.9 Å². The molecule has 0 saturated carbocycles. The van der Waals surface area contributed by atoms with Gasteiger partial charge in [-0.25, -0.2) is 5.43 Å². The minimum Gasteiger partial charge on any atom is -0.343 e. The molecule has 3 rings (SSSR count). The number of carbonyl (C=O) groups excluding carboxylic acids is 2. The molecular formula is C20H16BrN3O2. The molecule has 0 saturated heterocycles. The van der Waals surface area contributed by atoms with Gasteiger partial charge in [0.15, 0.2) is 0 Å². The van der Waals surface area contributed by atoms with Crippen LogP contribution in [-0.4, -0.2) is 24.6 Å². The van der Waals surface area contributed by atoms with Crippen LogP contribution in [0.1, 0.15) is 15.9 Å². The number of nitrogens with one attached hydrogen (secondary N) is 2. The molecule has 0 fully saturated rings. The Balaban J connectivity index is 1.56. The first-order valence-electron chi connectivity index (χ1n) is 7.97. The number of nitrogens with zero attached hydrogens (tertiary/aromatic N) is 1. The molecule has 0 bridgehead atoms. The molecule has 0 aliphatic heterocycles. The second-order valence-electron chi connectivity index (χ2n) is 5.56. The van der Waals surface area contributed by atoms with Gasteiger partial charge in [0.1, 0.15) is 0 Å². The summed E-state index contributed by atoms with van der Waals surface area (Å²) in [4.78, 5) is 24.2. The van der Waals surface area contributed by atoms with Gasteiger partial charge in [-0.1, -0.05) is 64.5 Å². The summed E-state index contributed by atoms with van der Waals surface area (Å²) in [6.07, 6.45) is 1.54. The zero-order valence-corrected chi connectivity index (χ0v) is 15.4. The molecular weight excluding hydrogens is 394 g/mol. The van der Waals surface area contributed by atoms with Crippen molar-refractivity contribution in [2.45, 2.75) is 0 Å². The fourth-order valence-corrected chi connectivity index (χ4v) is 2.90. The normalized spacial score (nSPS) is 10.8. The van der Waals surface area contributed by atoms with Crippen LogP contribution in [0.5, 0.6) is 0 Å². The molecule has 2 amide bonds. The topological polar surface area (TPSA) is 70.6 Å². The number of amides is 2. The van der Waals surface area contributed by atoms with Crippen molar-refractivity contribution in [2.75, 3.05) is 6.54 Å². The monoisotopic (exact) mass is 409 g/mol. The van der Waals surface area contributed by atoms with Gasteiger partial charge in [0.05, 0.1) is 12.8 Å². The molecule has 130 valence electrons. The van der Waals surface area contributed by atoms with E-state index in [-0.39, 0.29) is 12.5 Å². The van der Waals surface area contributed by atoms with Crippen molar-refractivity contribution in [1.29, 1.82) is 0 Å². The van der Waals surface area contributed by atoms with Crippen molar-refractivity contribution < 1.29 is 9.59 Å². The van der Waals surface area contributed by atoms with Crippen molar-refractivity contribution in [1.82, 2.24) is 10.7 Å². The standard InChI is InChI=1S/C20H16BrN3O2/c21-16-8-3-5-14(11-16)12-23-24-19(25)13-22-20(26)18-10-4-7-15-6-1-2-9-17(15)18/h1-12H,13H2,(H,22,26)(H,24,25). The lowest BCUT2D eigenvalue weighted by molar-refractivity contribution is -0.120. The summed E-state index contributed by atoms with van der Waals surface area (Å²) in [5.74, 6) is -0.697. The Labute approximate surface area is 159 Å². The zero-order chi connectivity index (χ0) is 18.4. The van der Waals surface area contributed by atoms with Crippen molar-refractivity contribution in [3.63, 3.8) is 0 Å². The number of carbonyl (C=O) groups is 2. The molecule has 0 aromatic heterocycles. The maximum absolute atomic E-state index is 12.4. The second kappa shape index (κ2) is 8.40. The number of halogens is 1. The van der Waals surface area contributed by atoms with E-state index in [1.165, 1.54) is 6.21 Å². The van der Waals surface area contributed by atoms with Gasteiger partial charge in [0, 0.05) is 10.0 Å². The number of hydrogen-bond donors (Lipinski definition) is 2. The van der Waals surface area contributed by atoms with Gasteiger partial charge < -0.3 is 5.32 Å². The quantitative estimate of drug-likeness (QED) is 0.500. The molecule has 0 aliphatic carbocycles.